The quantitative estimate of drug-likeness (QED) is 0.769. The Labute approximate surface area is 140 Å². The molecule has 2 heterocycles. The fraction of sp³-hybridized carbons (Fsp3) is 0.111. The maximum Gasteiger partial charge on any atom is 0.324 e. The van der Waals surface area contributed by atoms with E-state index in [9.17, 15) is 4.79 Å². The summed E-state index contributed by atoms with van der Waals surface area (Å²) < 4.78 is 0. The molecular formula is C18H17N5O. The molecule has 0 saturated heterocycles. The number of aryl methyl sites for hydroxylation is 2. The third-order valence-corrected chi connectivity index (χ3v) is 3.44. The summed E-state index contributed by atoms with van der Waals surface area (Å²) in [6.07, 6.45) is 6.57. The van der Waals surface area contributed by atoms with Gasteiger partial charge in [0.2, 0.25) is 0 Å². The molecule has 2 aromatic heterocycles. The Bertz CT molecular complexity index is 847. The van der Waals surface area contributed by atoms with Crippen molar-refractivity contribution >= 4 is 17.5 Å². The van der Waals surface area contributed by atoms with Gasteiger partial charge >= 0.3 is 6.03 Å². The van der Waals surface area contributed by atoms with E-state index in [2.05, 4.69) is 25.6 Å². The van der Waals surface area contributed by atoms with Gasteiger partial charge in [-0.15, -0.1) is 0 Å². The number of rotatable bonds is 3. The van der Waals surface area contributed by atoms with E-state index in [0.717, 1.165) is 28.1 Å². The highest BCUT2D eigenvalue weighted by atomic mass is 16.2. The maximum absolute atomic E-state index is 12.3. The molecule has 0 radical (unpaired) electrons. The van der Waals surface area contributed by atoms with Crippen LogP contribution in [0.25, 0.3) is 11.1 Å². The number of pyridine rings is 1. The van der Waals surface area contributed by atoms with Gasteiger partial charge in [-0.25, -0.2) is 9.78 Å². The Balaban J connectivity index is 1.82. The van der Waals surface area contributed by atoms with Crippen LogP contribution in [0.3, 0.4) is 0 Å². The van der Waals surface area contributed by atoms with Crippen molar-refractivity contribution in [3.63, 3.8) is 0 Å². The lowest BCUT2D eigenvalue weighted by Gasteiger charge is -2.13. The van der Waals surface area contributed by atoms with Crippen molar-refractivity contribution in [2.45, 2.75) is 13.8 Å². The SMILES string of the molecule is Cc1ccc(-c2ccncc2)c(NC(=O)Nc2cnc(C)cn2)c1. The average Bonchev–Trinajstić information content (AvgIpc) is 2.58. The molecule has 0 unspecified atom stereocenters. The van der Waals surface area contributed by atoms with E-state index in [4.69, 9.17) is 0 Å². The zero-order valence-electron chi connectivity index (χ0n) is 13.4. The maximum atomic E-state index is 12.3. The zero-order chi connectivity index (χ0) is 16.9. The molecule has 3 rings (SSSR count). The van der Waals surface area contributed by atoms with Crippen LogP contribution in [0.4, 0.5) is 16.3 Å². The lowest BCUT2D eigenvalue weighted by atomic mass is 10.0. The second-order valence-electron chi connectivity index (χ2n) is 5.41. The molecule has 6 heteroatoms. The Morgan fingerprint density at radius 1 is 0.958 bits per heavy atom. The largest absolute Gasteiger partial charge is 0.324 e. The summed E-state index contributed by atoms with van der Waals surface area (Å²) in [5.41, 5.74) is 4.47. The number of aromatic nitrogens is 3. The standard InChI is InChI=1S/C18H17N5O/c1-12-3-4-15(14-5-7-19-8-6-14)16(9-12)22-18(24)23-17-11-20-13(2)10-21-17/h3-11H,1-2H3,(H2,21,22,23,24). The smallest absolute Gasteiger partial charge is 0.307 e. The molecule has 0 aliphatic heterocycles. The normalized spacial score (nSPS) is 10.2. The number of carbonyl (C=O) groups is 1. The van der Waals surface area contributed by atoms with Crippen LogP contribution in [0.2, 0.25) is 0 Å². The first-order valence-corrected chi connectivity index (χ1v) is 7.49. The predicted octanol–water partition coefficient (Wildman–Crippen LogP) is 3.80. The predicted molar refractivity (Wildman–Crippen MR) is 93.8 cm³/mol. The summed E-state index contributed by atoms with van der Waals surface area (Å²) >= 11 is 0. The number of hydrogen-bond acceptors (Lipinski definition) is 4. The third-order valence-electron chi connectivity index (χ3n) is 3.44. The van der Waals surface area contributed by atoms with Crippen LogP contribution in [-0.4, -0.2) is 21.0 Å². The van der Waals surface area contributed by atoms with Crippen molar-refractivity contribution in [2.24, 2.45) is 0 Å². The van der Waals surface area contributed by atoms with Gasteiger partial charge in [-0.05, 0) is 43.2 Å². The molecule has 0 bridgehead atoms. The summed E-state index contributed by atoms with van der Waals surface area (Å²) in [6.45, 7) is 3.81. The molecule has 0 aliphatic rings. The van der Waals surface area contributed by atoms with Crippen molar-refractivity contribution in [1.29, 1.82) is 0 Å². The topological polar surface area (TPSA) is 79.8 Å². The fourth-order valence-corrected chi connectivity index (χ4v) is 2.27. The molecule has 24 heavy (non-hydrogen) atoms. The van der Waals surface area contributed by atoms with Crippen molar-refractivity contribution in [3.05, 3.63) is 66.4 Å². The number of hydrogen-bond donors (Lipinski definition) is 2. The van der Waals surface area contributed by atoms with Gasteiger partial charge in [-0.3, -0.25) is 15.3 Å². The molecule has 3 aromatic rings. The lowest BCUT2D eigenvalue weighted by molar-refractivity contribution is 0.262. The molecule has 0 atom stereocenters. The Kier molecular flexibility index (Phi) is 4.47. The minimum absolute atomic E-state index is 0.367. The minimum Gasteiger partial charge on any atom is -0.307 e. The minimum atomic E-state index is -0.367. The number of nitrogens with zero attached hydrogens (tertiary/aromatic N) is 3. The van der Waals surface area contributed by atoms with E-state index in [1.165, 1.54) is 6.20 Å². The van der Waals surface area contributed by atoms with Crippen molar-refractivity contribution in [3.8, 4) is 11.1 Å². The average molecular weight is 319 g/mol. The molecule has 0 saturated carbocycles. The molecular weight excluding hydrogens is 302 g/mol. The van der Waals surface area contributed by atoms with Crippen LogP contribution < -0.4 is 10.6 Å². The first kappa shape index (κ1) is 15.6. The van der Waals surface area contributed by atoms with Crippen molar-refractivity contribution in [1.82, 2.24) is 15.0 Å². The molecule has 0 fully saturated rings. The van der Waals surface area contributed by atoms with E-state index in [1.807, 2.05) is 44.2 Å². The van der Waals surface area contributed by atoms with Gasteiger partial charge in [0.25, 0.3) is 0 Å². The Morgan fingerprint density at radius 2 is 1.75 bits per heavy atom. The van der Waals surface area contributed by atoms with Crippen LogP contribution in [0, 0.1) is 13.8 Å². The number of benzene rings is 1. The Morgan fingerprint density at radius 3 is 2.46 bits per heavy atom. The number of urea groups is 1. The monoisotopic (exact) mass is 319 g/mol. The number of nitrogens with one attached hydrogen (secondary N) is 2. The molecule has 0 aliphatic carbocycles. The van der Waals surface area contributed by atoms with Gasteiger partial charge in [-0.2, -0.15) is 0 Å². The summed E-state index contributed by atoms with van der Waals surface area (Å²) in [5.74, 6) is 0.399. The van der Waals surface area contributed by atoms with E-state index in [0.29, 0.717) is 5.82 Å². The highest BCUT2D eigenvalue weighted by Crippen LogP contribution is 2.28. The van der Waals surface area contributed by atoms with Gasteiger partial charge in [-0.1, -0.05) is 12.1 Å². The van der Waals surface area contributed by atoms with Gasteiger partial charge in [0.1, 0.15) is 0 Å². The molecule has 120 valence electrons. The summed E-state index contributed by atoms with van der Waals surface area (Å²) in [4.78, 5) is 24.5. The fourth-order valence-electron chi connectivity index (χ4n) is 2.27. The highest BCUT2D eigenvalue weighted by molar-refractivity contribution is 6.01. The van der Waals surface area contributed by atoms with Gasteiger partial charge < -0.3 is 5.32 Å². The summed E-state index contributed by atoms with van der Waals surface area (Å²) in [6, 6.07) is 9.35. The first-order valence-electron chi connectivity index (χ1n) is 7.49. The second-order valence-corrected chi connectivity index (χ2v) is 5.41. The van der Waals surface area contributed by atoms with Crippen LogP contribution in [0.1, 0.15) is 11.3 Å². The highest BCUT2D eigenvalue weighted by Gasteiger charge is 2.10. The first-order chi connectivity index (χ1) is 11.6. The van der Waals surface area contributed by atoms with E-state index in [1.54, 1.807) is 18.6 Å². The summed E-state index contributed by atoms with van der Waals surface area (Å²) in [7, 11) is 0. The zero-order valence-corrected chi connectivity index (χ0v) is 13.4. The van der Waals surface area contributed by atoms with Crippen LogP contribution in [0.5, 0.6) is 0 Å². The molecule has 2 amide bonds. The summed E-state index contributed by atoms with van der Waals surface area (Å²) in [5, 5.41) is 5.55. The molecule has 0 spiro atoms. The van der Waals surface area contributed by atoms with Crippen LogP contribution >= 0.6 is 0 Å². The van der Waals surface area contributed by atoms with E-state index >= 15 is 0 Å². The van der Waals surface area contributed by atoms with E-state index < -0.39 is 0 Å². The number of amides is 2. The Hall–Kier alpha value is -3.28. The molecule has 2 N–H and O–H groups in total. The van der Waals surface area contributed by atoms with Crippen molar-refractivity contribution in [2.75, 3.05) is 10.6 Å². The van der Waals surface area contributed by atoms with Gasteiger partial charge in [0, 0.05) is 18.0 Å². The van der Waals surface area contributed by atoms with Crippen LogP contribution in [-0.2, 0) is 0 Å². The van der Waals surface area contributed by atoms with Crippen molar-refractivity contribution < 1.29 is 4.79 Å². The number of anilines is 2. The molecule has 6 nitrogen and oxygen atoms in total. The second kappa shape index (κ2) is 6.87. The lowest BCUT2D eigenvalue weighted by Crippen LogP contribution is -2.20. The van der Waals surface area contributed by atoms with E-state index in [-0.39, 0.29) is 6.03 Å². The van der Waals surface area contributed by atoms with Gasteiger partial charge in [0.05, 0.1) is 23.8 Å². The molecule has 1 aromatic carbocycles. The van der Waals surface area contributed by atoms with Crippen LogP contribution in [0.15, 0.2) is 55.1 Å². The third kappa shape index (κ3) is 3.73. The number of carbonyl (C=O) groups excluding carboxylic acids is 1. The van der Waals surface area contributed by atoms with Gasteiger partial charge in [0.15, 0.2) is 5.82 Å².